The van der Waals surface area contributed by atoms with Crippen molar-refractivity contribution < 1.29 is 14.6 Å². The summed E-state index contributed by atoms with van der Waals surface area (Å²) in [4.78, 5) is 0. The van der Waals surface area contributed by atoms with Crippen molar-refractivity contribution >= 4 is 0 Å². The molecule has 0 bridgehead atoms. The minimum absolute atomic E-state index is 0.220. The van der Waals surface area contributed by atoms with Gasteiger partial charge in [-0.15, -0.1) is 0 Å². The molecule has 2 aromatic carbocycles. The molecular weight excluding hydrogens is 288 g/mol. The summed E-state index contributed by atoms with van der Waals surface area (Å²) < 4.78 is 11.1. The zero-order valence-corrected chi connectivity index (χ0v) is 14.0. The van der Waals surface area contributed by atoms with E-state index in [4.69, 9.17) is 9.47 Å². The standard InChI is InChI=1S/C20H26O3/c1-3-4-5-17-8-12-20(13-9-17)23-15-18(21)14-22-19-10-6-16(2)7-11-19/h6-13,18,21H,3-5,14-15H2,1-2H3. The van der Waals surface area contributed by atoms with E-state index in [-0.39, 0.29) is 13.2 Å². The molecule has 1 unspecified atom stereocenters. The molecule has 1 N–H and O–H groups in total. The molecule has 0 aliphatic heterocycles. The predicted octanol–water partition coefficient (Wildman–Crippen LogP) is 4.16. The summed E-state index contributed by atoms with van der Waals surface area (Å²) in [5.74, 6) is 1.54. The van der Waals surface area contributed by atoms with Gasteiger partial charge in [-0.25, -0.2) is 0 Å². The Bertz CT molecular complexity index is 560. The minimum atomic E-state index is -0.656. The molecular formula is C20H26O3. The summed E-state index contributed by atoms with van der Waals surface area (Å²) in [6, 6.07) is 15.9. The molecule has 124 valence electrons. The third kappa shape index (κ3) is 6.33. The summed E-state index contributed by atoms with van der Waals surface area (Å²) in [6.07, 6.45) is 2.85. The first-order chi connectivity index (χ1) is 11.2. The largest absolute Gasteiger partial charge is 0.491 e. The van der Waals surface area contributed by atoms with Gasteiger partial charge in [0.1, 0.15) is 30.8 Å². The van der Waals surface area contributed by atoms with Gasteiger partial charge in [0.25, 0.3) is 0 Å². The highest BCUT2D eigenvalue weighted by molar-refractivity contribution is 5.27. The average molecular weight is 314 g/mol. The van der Waals surface area contributed by atoms with Crippen molar-refractivity contribution in [2.45, 2.75) is 39.2 Å². The van der Waals surface area contributed by atoms with Gasteiger partial charge in [0.2, 0.25) is 0 Å². The van der Waals surface area contributed by atoms with E-state index in [0.717, 1.165) is 17.9 Å². The van der Waals surface area contributed by atoms with E-state index in [2.05, 4.69) is 19.1 Å². The molecule has 0 aliphatic carbocycles. The third-order valence-electron chi connectivity index (χ3n) is 3.65. The molecule has 0 saturated heterocycles. The van der Waals surface area contributed by atoms with Crippen LogP contribution < -0.4 is 9.47 Å². The fraction of sp³-hybridized carbons (Fsp3) is 0.400. The van der Waals surface area contributed by atoms with E-state index in [1.807, 2.05) is 43.3 Å². The molecule has 0 fully saturated rings. The van der Waals surface area contributed by atoms with Crippen molar-refractivity contribution in [3.05, 3.63) is 59.7 Å². The summed E-state index contributed by atoms with van der Waals surface area (Å²) in [5, 5.41) is 9.95. The van der Waals surface area contributed by atoms with Crippen LogP contribution in [0.3, 0.4) is 0 Å². The maximum atomic E-state index is 9.95. The van der Waals surface area contributed by atoms with E-state index in [1.165, 1.54) is 24.0 Å². The van der Waals surface area contributed by atoms with E-state index in [1.54, 1.807) is 0 Å². The van der Waals surface area contributed by atoms with E-state index >= 15 is 0 Å². The fourth-order valence-corrected chi connectivity index (χ4v) is 2.20. The second-order valence-corrected chi connectivity index (χ2v) is 5.84. The number of hydrogen-bond donors (Lipinski definition) is 1. The van der Waals surface area contributed by atoms with Crippen LogP contribution in [0, 0.1) is 6.92 Å². The molecule has 2 rings (SSSR count). The molecule has 0 saturated carbocycles. The lowest BCUT2D eigenvalue weighted by atomic mass is 10.1. The van der Waals surface area contributed by atoms with E-state index in [0.29, 0.717) is 0 Å². The lowest BCUT2D eigenvalue weighted by molar-refractivity contribution is 0.0626. The number of aliphatic hydroxyl groups excluding tert-OH is 1. The lowest BCUT2D eigenvalue weighted by Gasteiger charge is -2.14. The van der Waals surface area contributed by atoms with Crippen LogP contribution in [0.2, 0.25) is 0 Å². The van der Waals surface area contributed by atoms with Gasteiger partial charge in [-0.1, -0.05) is 43.2 Å². The molecule has 0 aromatic heterocycles. The zero-order chi connectivity index (χ0) is 16.5. The normalized spacial score (nSPS) is 12.0. The number of aliphatic hydroxyl groups is 1. The van der Waals surface area contributed by atoms with Crippen LogP contribution in [0.25, 0.3) is 0 Å². The number of hydrogen-bond acceptors (Lipinski definition) is 3. The summed E-state index contributed by atoms with van der Waals surface area (Å²) in [7, 11) is 0. The van der Waals surface area contributed by atoms with Crippen LogP contribution >= 0.6 is 0 Å². The zero-order valence-electron chi connectivity index (χ0n) is 14.0. The molecule has 0 heterocycles. The first-order valence-electron chi connectivity index (χ1n) is 8.26. The van der Waals surface area contributed by atoms with E-state index in [9.17, 15) is 5.11 Å². The van der Waals surface area contributed by atoms with Gasteiger partial charge in [-0.3, -0.25) is 0 Å². The monoisotopic (exact) mass is 314 g/mol. The van der Waals surface area contributed by atoms with Crippen molar-refractivity contribution in [3.63, 3.8) is 0 Å². The molecule has 2 aromatic rings. The second-order valence-electron chi connectivity index (χ2n) is 5.84. The highest BCUT2D eigenvalue weighted by Gasteiger charge is 2.07. The van der Waals surface area contributed by atoms with Crippen molar-refractivity contribution in [1.29, 1.82) is 0 Å². The third-order valence-corrected chi connectivity index (χ3v) is 3.65. The Kier molecular flexibility index (Phi) is 6.95. The number of benzene rings is 2. The van der Waals surface area contributed by atoms with Gasteiger partial charge in [0.05, 0.1) is 0 Å². The van der Waals surface area contributed by atoms with Gasteiger partial charge in [-0.2, -0.15) is 0 Å². The molecule has 0 amide bonds. The second kappa shape index (κ2) is 9.21. The Morgan fingerprint density at radius 3 is 1.91 bits per heavy atom. The Morgan fingerprint density at radius 2 is 1.39 bits per heavy atom. The van der Waals surface area contributed by atoms with Crippen LogP contribution in [0.4, 0.5) is 0 Å². The van der Waals surface area contributed by atoms with Crippen LogP contribution in [-0.2, 0) is 6.42 Å². The van der Waals surface area contributed by atoms with Gasteiger partial charge in [0.15, 0.2) is 0 Å². The highest BCUT2D eigenvalue weighted by atomic mass is 16.5. The predicted molar refractivity (Wildman–Crippen MR) is 93.2 cm³/mol. The summed E-state index contributed by atoms with van der Waals surface area (Å²) in [5.41, 5.74) is 2.51. The first-order valence-corrected chi connectivity index (χ1v) is 8.26. The topological polar surface area (TPSA) is 38.7 Å². The van der Waals surface area contributed by atoms with Gasteiger partial charge >= 0.3 is 0 Å². The maximum Gasteiger partial charge on any atom is 0.122 e. The van der Waals surface area contributed by atoms with Gasteiger partial charge in [-0.05, 0) is 49.6 Å². The van der Waals surface area contributed by atoms with Crippen molar-refractivity contribution in [2.75, 3.05) is 13.2 Å². The lowest BCUT2D eigenvalue weighted by Crippen LogP contribution is -2.25. The first kappa shape index (κ1) is 17.4. The fourth-order valence-electron chi connectivity index (χ4n) is 2.20. The molecule has 3 heteroatoms. The minimum Gasteiger partial charge on any atom is -0.491 e. The van der Waals surface area contributed by atoms with Crippen LogP contribution in [-0.4, -0.2) is 24.4 Å². The quantitative estimate of drug-likeness (QED) is 0.755. The Labute approximate surface area is 138 Å². The number of rotatable bonds is 9. The molecule has 1 atom stereocenters. The average Bonchev–Trinajstić information content (AvgIpc) is 2.58. The van der Waals surface area contributed by atoms with Gasteiger partial charge in [0, 0.05) is 0 Å². The van der Waals surface area contributed by atoms with E-state index < -0.39 is 6.10 Å². The number of ether oxygens (including phenoxy) is 2. The number of aryl methyl sites for hydroxylation is 2. The van der Waals surface area contributed by atoms with Crippen LogP contribution in [0.15, 0.2) is 48.5 Å². The molecule has 0 radical (unpaired) electrons. The Balaban J connectivity index is 1.71. The Hall–Kier alpha value is -2.00. The summed E-state index contributed by atoms with van der Waals surface area (Å²) in [6.45, 7) is 4.66. The number of unbranched alkanes of at least 4 members (excludes halogenated alkanes) is 1. The van der Waals surface area contributed by atoms with Gasteiger partial charge < -0.3 is 14.6 Å². The molecule has 23 heavy (non-hydrogen) atoms. The Morgan fingerprint density at radius 1 is 0.870 bits per heavy atom. The van der Waals surface area contributed by atoms with Crippen LogP contribution in [0.5, 0.6) is 11.5 Å². The molecule has 0 spiro atoms. The SMILES string of the molecule is CCCCc1ccc(OCC(O)COc2ccc(C)cc2)cc1. The van der Waals surface area contributed by atoms with Crippen molar-refractivity contribution in [2.24, 2.45) is 0 Å². The van der Waals surface area contributed by atoms with Crippen molar-refractivity contribution in [1.82, 2.24) is 0 Å². The molecule has 3 nitrogen and oxygen atoms in total. The van der Waals surface area contributed by atoms with Crippen molar-refractivity contribution in [3.8, 4) is 11.5 Å². The smallest absolute Gasteiger partial charge is 0.122 e. The maximum absolute atomic E-state index is 9.95. The highest BCUT2D eigenvalue weighted by Crippen LogP contribution is 2.15. The molecule has 0 aliphatic rings. The summed E-state index contributed by atoms with van der Waals surface area (Å²) >= 11 is 0. The van der Waals surface area contributed by atoms with Crippen LogP contribution in [0.1, 0.15) is 30.9 Å².